The van der Waals surface area contributed by atoms with Gasteiger partial charge in [0.25, 0.3) is 0 Å². The average Bonchev–Trinajstić information content (AvgIpc) is 3.21. The Morgan fingerprint density at radius 3 is 1.77 bits per heavy atom. The molecule has 2 aliphatic rings. The molecular formula is C50H43Cl4O6+. The number of hydrogen-bond donors (Lipinski definition) is 1. The zero-order chi connectivity index (χ0) is 42.9. The number of benzene rings is 4. The number of hydrogen-bond acceptors (Lipinski definition) is 5. The maximum atomic E-state index is 14.0. The van der Waals surface area contributed by atoms with Crippen LogP contribution in [0.3, 0.4) is 0 Å². The summed E-state index contributed by atoms with van der Waals surface area (Å²) >= 11 is 25.4. The first-order valence-electron chi connectivity index (χ1n) is 19.3. The van der Waals surface area contributed by atoms with Crippen LogP contribution in [0.15, 0.2) is 142 Å². The summed E-state index contributed by atoms with van der Waals surface area (Å²) in [7, 11) is 0. The third kappa shape index (κ3) is 10.0. The molecule has 10 heteroatoms. The standard InChI is InChI=1S/C50H42Cl4O6/c1-49(2,3)27-57-41-13-9-7-11-33(41)45-23-29(21-43(59-45)31-15-17-37(51)39(53)25-31)19-35-47(55)36(48(35)56)20-30-22-44(32-16-18-38(52)40(54)26-32)60-46(24-30)34-12-8-10-14-42(34)58-28-50(4,5)6/h7-26H,27-28H2,1-6H3/p+1. The maximum absolute atomic E-state index is 14.0. The van der Waals surface area contributed by atoms with E-state index in [2.05, 4.69) is 41.5 Å². The van der Waals surface area contributed by atoms with E-state index in [1.165, 1.54) is 0 Å². The number of ketones is 1. The van der Waals surface area contributed by atoms with Crippen molar-refractivity contribution in [1.29, 1.82) is 0 Å². The lowest BCUT2D eigenvalue weighted by Crippen LogP contribution is -2.21. The Hall–Kier alpha value is -5.24. The summed E-state index contributed by atoms with van der Waals surface area (Å²) in [6.45, 7) is 13.5. The molecule has 0 spiro atoms. The molecule has 0 saturated heterocycles. The molecule has 0 fully saturated rings. The summed E-state index contributed by atoms with van der Waals surface area (Å²) in [5.41, 5.74) is 4.08. The molecule has 0 bridgehead atoms. The second kappa shape index (κ2) is 17.4. The molecule has 1 aromatic heterocycles. The van der Waals surface area contributed by atoms with Crippen molar-refractivity contribution in [3.05, 3.63) is 175 Å². The van der Waals surface area contributed by atoms with Crippen LogP contribution in [-0.4, -0.2) is 24.1 Å². The summed E-state index contributed by atoms with van der Waals surface area (Å²) in [5, 5.41) is 13.1. The average molecular weight is 882 g/mol. The molecular weight excluding hydrogens is 838 g/mol. The molecule has 0 unspecified atom stereocenters. The van der Waals surface area contributed by atoms with Crippen molar-refractivity contribution in [2.24, 2.45) is 10.8 Å². The smallest absolute Gasteiger partial charge is 0.365 e. The van der Waals surface area contributed by atoms with Gasteiger partial charge in [-0.3, -0.25) is 4.79 Å². The van der Waals surface area contributed by atoms with E-state index in [4.69, 9.17) is 65.0 Å². The zero-order valence-electron chi connectivity index (χ0n) is 34.0. The van der Waals surface area contributed by atoms with E-state index in [1.807, 2.05) is 60.7 Å². The number of carbonyl (C=O) groups excluding carboxylic acids is 1. The van der Waals surface area contributed by atoms with Gasteiger partial charge < -0.3 is 19.3 Å². The Bertz CT molecular complexity index is 2670. The van der Waals surface area contributed by atoms with Crippen molar-refractivity contribution >= 4 is 69.8 Å². The van der Waals surface area contributed by atoms with E-state index in [9.17, 15) is 9.90 Å². The van der Waals surface area contributed by atoms with Crippen molar-refractivity contribution < 1.29 is 28.5 Å². The first-order valence-corrected chi connectivity index (χ1v) is 20.8. The van der Waals surface area contributed by atoms with Gasteiger partial charge in [-0.05, 0) is 107 Å². The molecule has 5 aromatic rings. The van der Waals surface area contributed by atoms with E-state index in [-0.39, 0.29) is 33.5 Å². The Morgan fingerprint density at radius 1 is 0.633 bits per heavy atom. The SMILES string of the molecule is CC(C)(C)COc1ccccc1C1=CC(=CC2=C(O)C(=Cc3cc(-c4ccc(Cl)c(Cl)c4)[o+]c(-c4ccccc4OCC(C)(C)C)c3)C2=O)C=C(c2ccc(Cl)c(Cl)c2)O1. The molecule has 1 aliphatic carbocycles. The number of rotatable bonds is 10. The highest BCUT2D eigenvalue weighted by Gasteiger charge is 2.34. The topological polar surface area (TPSA) is 76.3 Å². The van der Waals surface area contributed by atoms with Gasteiger partial charge in [-0.1, -0.05) is 112 Å². The Kier molecular flexibility index (Phi) is 12.4. The predicted molar refractivity (Wildman–Crippen MR) is 245 cm³/mol. The van der Waals surface area contributed by atoms with Gasteiger partial charge in [-0.15, -0.1) is 0 Å². The summed E-state index contributed by atoms with van der Waals surface area (Å²) < 4.78 is 25.5. The van der Waals surface area contributed by atoms with Crippen LogP contribution in [0.4, 0.5) is 0 Å². The van der Waals surface area contributed by atoms with Crippen LogP contribution >= 0.6 is 46.4 Å². The number of aliphatic hydroxyl groups is 1. The minimum absolute atomic E-state index is 0.0862. The zero-order valence-corrected chi connectivity index (χ0v) is 37.0. The van der Waals surface area contributed by atoms with Crippen LogP contribution in [0, 0.1) is 10.8 Å². The van der Waals surface area contributed by atoms with E-state index in [1.54, 1.807) is 60.7 Å². The van der Waals surface area contributed by atoms with Crippen LogP contribution in [0.2, 0.25) is 20.1 Å². The van der Waals surface area contributed by atoms with Gasteiger partial charge in [-0.2, -0.15) is 0 Å². The van der Waals surface area contributed by atoms with Crippen LogP contribution in [0.25, 0.3) is 40.2 Å². The van der Waals surface area contributed by atoms with Gasteiger partial charge in [0.1, 0.15) is 34.3 Å². The Balaban J connectivity index is 1.30. The molecule has 306 valence electrons. The number of Topliss-reactive ketones (excluding diaryl/α,β-unsaturated/α-hetero) is 1. The van der Waals surface area contributed by atoms with Crippen molar-refractivity contribution in [2.75, 3.05) is 13.2 Å². The molecule has 0 atom stereocenters. The normalized spacial score (nSPS) is 15.7. The highest BCUT2D eigenvalue weighted by Crippen LogP contribution is 2.41. The van der Waals surface area contributed by atoms with Crippen molar-refractivity contribution in [1.82, 2.24) is 0 Å². The van der Waals surface area contributed by atoms with Crippen LogP contribution < -0.4 is 9.47 Å². The summed E-state index contributed by atoms with van der Waals surface area (Å²) in [4.78, 5) is 14.0. The lowest BCUT2D eigenvalue weighted by Gasteiger charge is -2.24. The fraction of sp³-hybridized carbons (Fsp3) is 0.200. The molecule has 60 heavy (non-hydrogen) atoms. The predicted octanol–water partition coefficient (Wildman–Crippen LogP) is 15.2. The first-order chi connectivity index (χ1) is 28.4. The number of allylic oxidation sites excluding steroid dienone is 6. The van der Waals surface area contributed by atoms with Crippen molar-refractivity contribution in [3.63, 3.8) is 0 Å². The van der Waals surface area contributed by atoms with Gasteiger partial charge in [-0.25, -0.2) is 4.42 Å². The Labute approximate surface area is 370 Å². The second-order valence-corrected chi connectivity index (χ2v) is 18.6. The van der Waals surface area contributed by atoms with Gasteiger partial charge in [0.15, 0.2) is 0 Å². The lowest BCUT2D eigenvalue weighted by molar-refractivity contribution is -0.113. The summed E-state index contributed by atoms with van der Waals surface area (Å²) in [5.74, 6) is 2.68. The summed E-state index contributed by atoms with van der Waals surface area (Å²) in [6.07, 6.45) is 6.88. The monoisotopic (exact) mass is 879 g/mol. The van der Waals surface area contributed by atoms with Gasteiger partial charge in [0.2, 0.25) is 5.78 Å². The molecule has 6 nitrogen and oxygen atoms in total. The summed E-state index contributed by atoms with van der Waals surface area (Å²) in [6, 6.07) is 29.2. The molecule has 1 N–H and O–H groups in total. The molecule has 0 saturated carbocycles. The Morgan fingerprint density at radius 2 is 1.17 bits per heavy atom. The minimum Gasteiger partial charge on any atom is -0.506 e. The third-order valence-corrected chi connectivity index (χ3v) is 10.8. The number of halogens is 4. The fourth-order valence-electron chi connectivity index (χ4n) is 6.28. The molecule has 0 amide bonds. The van der Waals surface area contributed by atoms with Gasteiger partial charge >= 0.3 is 11.5 Å². The maximum Gasteiger partial charge on any atom is 0.365 e. The number of para-hydroxylation sites is 2. The van der Waals surface area contributed by atoms with Crippen LogP contribution in [0.1, 0.15) is 58.2 Å². The van der Waals surface area contributed by atoms with Crippen LogP contribution in [0.5, 0.6) is 11.5 Å². The number of aliphatic hydroxyl groups excluding tert-OH is 1. The molecule has 2 heterocycles. The largest absolute Gasteiger partial charge is 0.506 e. The lowest BCUT2D eigenvalue weighted by atomic mass is 9.85. The fourth-order valence-corrected chi connectivity index (χ4v) is 6.88. The molecule has 1 aliphatic heterocycles. The van der Waals surface area contributed by atoms with Gasteiger partial charge in [0.05, 0.1) is 67.7 Å². The van der Waals surface area contributed by atoms with E-state index in [0.29, 0.717) is 101 Å². The van der Waals surface area contributed by atoms with Crippen molar-refractivity contribution in [3.8, 4) is 34.1 Å². The first kappa shape index (κ1) is 42.9. The van der Waals surface area contributed by atoms with E-state index >= 15 is 0 Å². The molecule has 0 radical (unpaired) electrons. The number of ether oxygens (including phenoxy) is 3. The minimum atomic E-state index is -0.341. The molecule has 4 aromatic carbocycles. The number of carbonyl (C=O) groups is 1. The third-order valence-electron chi connectivity index (χ3n) is 9.29. The van der Waals surface area contributed by atoms with Crippen molar-refractivity contribution in [2.45, 2.75) is 41.5 Å². The molecule has 7 rings (SSSR count). The highest BCUT2D eigenvalue weighted by atomic mass is 35.5. The van der Waals surface area contributed by atoms with Gasteiger partial charge in [0, 0.05) is 5.56 Å². The second-order valence-electron chi connectivity index (χ2n) is 17.0. The van der Waals surface area contributed by atoms with E-state index < -0.39 is 0 Å². The quantitative estimate of drug-likeness (QED) is 0.111. The van der Waals surface area contributed by atoms with E-state index in [0.717, 1.165) is 0 Å². The van der Waals surface area contributed by atoms with Crippen LogP contribution in [-0.2, 0) is 9.53 Å². The highest BCUT2D eigenvalue weighted by molar-refractivity contribution is 6.42.